The maximum atomic E-state index is 7.07. The fraction of sp³-hybridized carbons (Fsp3) is 0.462. The van der Waals surface area contributed by atoms with Crippen molar-refractivity contribution < 1.29 is 0 Å². The summed E-state index contributed by atoms with van der Waals surface area (Å²) in [4.78, 5) is 0. The minimum atomic E-state index is 0.0374. The van der Waals surface area contributed by atoms with Crippen LogP contribution in [0.25, 0.3) is 0 Å². The van der Waals surface area contributed by atoms with Gasteiger partial charge < -0.3 is 16.4 Å². The normalized spacial score (nSPS) is 12.1. The fourth-order valence-electron chi connectivity index (χ4n) is 1.53. The number of hydrogen-bond acceptors (Lipinski definition) is 2. The molecular formula is C13H22N4. The van der Waals surface area contributed by atoms with E-state index in [1.54, 1.807) is 0 Å². The number of guanidine groups is 1. The van der Waals surface area contributed by atoms with Gasteiger partial charge in [-0.05, 0) is 24.9 Å². The van der Waals surface area contributed by atoms with Crippen molar-refractivity contribution in [2.24, 2.45) is 11.7 Å². The Kier molecular flexibility index (Phi) is 5.49. The summed E-state index contributed by atoms with van der Waals surface area (Å²) in [5.74, 6) is 0.486. The molecule has 4 nitrogen and oxygen atoms in total. The topological polar surface area (TPSA) is 73.9 Å². The van der Waals surface area contributed by atoms with Crippen LogP contribution in [0.15, 0.2) is 24.3 Å². The lowest BCUT2D eigenvalue weighted by atomic mass is 10.1. The molecule has 1 unspecified atom stereocenters. The summed E-state index contributed by atoms with van der Waals surface area (Å²) >= 11 is 0. The number of benzene rings is 1. The van der Waals surface area contributed by atoms with E-state index in [0.29, 0.717) is 5.92 Å². The highest BCUT2D eigenvalue weighted by atomic mass is 15.0. The Balaban J connectivity index is 2.18. The van der Waals surface area contributed by atoms with Crippen LogP contribution in [0.4, 0.5) is 0 Å². The molecule has 4 heteroatoms. The van der Waals surface area contributed by atoms with E-state index >= 15 is 0 Å². The highest BCUT2D eigenvalue weighted by Gasteiger charge is 2.01. The summed E-state index contributed by atoms with van der Waals surface area (Å²) in [5.41, 5.74) is 7.81. The zero-order valence-corrected chi connectivity index (χ0v) is 10.6. The van der Waals surface area contributed by atoms with Crippen LogP contribution in [0.5, 0.6) is 0 Å². The lowest BCUT2D eigenvalue weighted by Crippen LogP contribution is -2.36. The van der Waals surface area contributed by atoms with E-state index in [4.69, 9.17) is 11.1 Å². The van der Waals surface area contributed by atoms with Crippen molar-refractivity contribution in [2.45, 2.75) is 20.4 Å². The molecule has 0 heterocycles. The number of rotatable bonds is 6. The molecule has 0 aliphatic rings. The Morgan fingerprint density at radius 2 is 1.94 bits per heavy atom. The molecule has 0 aliphatic heterocycles. The molecule has 0 aromatic heterocycles. The Hall–Kier alpha value is -1.55. The van der Waals surface area contributed by atoms with E-state index in [1.165, 1.54) is 11.1 Å². The quantitative estimate of drug-likeness (QED) is 0.441. The zero-order valence-electron chi connectivity index (χ0n) is 10.6. The van der Waals surface area contributed by atoms with Crippen molar-refractivity contribution in [1.29, 1.82) is 5.41 Å². The zero-order chi connectivity index (χ0) is 12.7. The van der Waals surface area contributed by atoms with Gasteiger partial charge in [-0.1, -0.05) is 36.8 Å². The third kappa shape index (κ3) is 5.92. The van der Waals surface area contributed by atoms with Gasteiger partial charge in [0.1, 0.15) is 0 Å². The van der Waals surface area contributed by atoms with Gasteiger partial charge in [0.2, 0.25) is 0 Å². The number of aryl methyl sites for hydroxylation is 1. The van der Waals surface area contributed by atoms with Crippen molar-refractivity contribution in [3.8, 4) is 0 Å². The van der Waals surface area contributed by atoms with Gasteiger partial charge in [0.25, 0.3) is 0 Å². The van der Waals surface area contributed by atoms with E-state index in [2.05, 4.69) is 48.7 Å². The lowest BCUT2D eigenvalue weighted by molar-refractivity contribution is 0.504. The predicted octanol–water partition coefficient (Wildman–Crippen LogP) is 1.20. The van der Waals surface area contributed by atoms with E-state index < -0.39 is 0 Å². The summed E-state index contributed by atoms with van der Waals surface area (Å²) in [5, 5.41) is 13.3. The minimum absolute atomic E-state index is 0.0374. The first-order valence-electron chi connectivity index (χ1n) is 5.92. The van der Waals surface area contributed by atoms with Crippen LogP contribution in [0.2, 0.25) is 0 Å². The first-order chi connectivity index (χ1) is 8.08. The van der Waals surface area contributed by atoms with Crippen LogP contribution >= 0.6 is 0 Å². The monoisotopic (exact) mass is 234 g/mol. The molecule has 1 atom stereocenters. The molecule has 0 saturated heterocycles. The Morgan fingerprint density at radius 1 is 1.29 bits per heavy atom. The van der Waals surface area contributed by atoms with Crippen LogP contribution in [0.3, 0.4) is 0 Å². The van der Waals surface area contributed by atoms with Gasteiger partial charge >= 0.3 is 0 Å². The van der Waals surface area contributed by atoms with E-state index in [-0.39, 0.29) is 5.96 Å². The third-order valence-electron chi connectivity index (χ3n) is 2.58. The van der Waals surface area contributed by atoms with Crippen molar-refractivity contribution in [3.05, 3.63) is 35.4 Å². The van der Waals surface area contributed by atoms with Gasteiger partial charge in [-0.3, -0.25) is 5.41 Å². The van der Waals surface area contributed by atoms with Crippen LogP contribution < -0.4 is 16.4 Å². The summed E-state index contributed by atoms with van der Waals surface area (Å²) in [6, 6.07) is 8.52. The number of hydrogen-bond donors (Lipinski definition) is 4. The van der Waals surface area contributed by atoms with Gasteiger partial charge in [0, 0.05) is 13.1 Å². The first-order valence-corrected chi connectivity index (χ1v) is 5.92. The number of nitrogens with two attached hydrogens (primary N) is 1. The standard InChI is InChI=1S/C13H22N4/c1-10-3-5-12(6-4-10)9-16-7-11(2)8-17-13(14)15/h3-6,11,16H,7-9H2,1-2H3,(H4,14,15,17). The molecule has 0 saturated carbocycles. The molecule has 1 aromatic carbocycles. The summed E-state index contributed by atoms with van der Waals surface area (Å²) < 4.78 is 0. The van der Waals surface area contributed by atoms with E-state index in [1.807, 2.05) is 0 Å². The molecule has 0 radical (unpaired) electrons. The van der Waals surface area contributed by atoms with Crippen molar-refractivity contribution >= 4 is 5.96 Å². The molecule has 0 spiro atoms. The highest BCUT2D eigenvalue weighted by Crippen LogP contribution is 2.02. The molecule has 0 aliphatic carbocycles. The van der Waals surface area contributed by atoms with Gasteiger partial charge in [-0.2, -0.15) is 0 Å². The smallest absolute Gasteiger partial charge is 0.185 e. The molecular weight excluding hydrogens is 212 g/mol. The molecule has 0 bridgehead atoms. The Morgan fingerprint density at radius 3 is 2.53 bits per heavy atom. The van der Waals surface area contributed by atoms with Crippen LogP contribution in [0.1, 0.15) is 18.1 Å². The second-order valence-corrected chi connectivity index (χ2v) is 4.52. The van der Waals surface area contributed by atoms with Gasteiger partial charge in [-0.25, -0.2) is 0 Å². The minimum Gasteiger partial charge on any atom is -0.370 e. The molecule has 94 valence electrons. The number of nitrogens with one attached hydrogen (secondary N) is 3. The maximum absolute atomic E-state index is 7.07. The third-order valence-corrected chi connectivity index (χ3v) is 2.58. The van der Waals surface area contributed by atoms with Gasteiger partial charge in [-0.15, -0.1) is 0 Å². The molecule has 1 rings (SSSR count). The Bertz CT molecular complexity index is 345. The van der Waals surface area contributed by atoms with Gasteiger partial charge in [0.05, 0.1) is 0 Å². The van der Waals surface area contributed by atoms with Crippen molar-refractivity contribution in [2.75, 3.05) is 13.1 Å². The maximum Gasteiger partial charge on any atom is 0.185 e. The molecule has 1 aromatic rings. The summed E-state index contributed by atoms with van der Waals surface area (Å²) in [6.07, 6.45) is 0. The highest BCUT2D eigenvalue weighted by molar-refractivity contribution is 5.74. The van der Waals surface area contributed by atoms with E-state index in [9.17, 15) is 0 Å². The average molecular weight is 234 g/mol. The second kappa shape index (κ2) is 6.91. The van der Waals surface area contributed by atoms with Crippen molar-refractivity contribution in [3.63, 3.8) is 0 Å². The summed E-state index contributed by atoms with van der Waals surface area (Å²) in [7, 11) is 0. The summed E-state index contributed by atoms with van der Waals surface area (Å²) in [6.45, 7) is 6.74. The predicted molar refractivity (Wildman–Crippen MR) is 72.0 cm³/mol. The average Bonchev–Trinajstić information content (AvgIpc) is 2.29. The molecule has 0 amide bonds. The van der Waals surface area contributed by atoms with Crippen LogP contribution in [-0.2, 0) is 6.54 Å². The van der Waals surface area contributed by atoms with Gasteiger partial charge in [0.15, 0.2) is 5.96 Å². The SMILES string of the molecule is Cc1ccc(CNCC(C)CNC(=N)N)cc1. The van der Waals surface area contributed by atoms with Crippen LogP contribution in [-0.4, -0.2) is 19.0 Å². The van der Waals surface area contributed by atoms with Crippen molar-refractivity contribution in [1.82, 2.24) is 10.6 Å². The first kappa shape index (κ1) is 13.5. The van der Waals surface area contributed by atoms with E-state index in [0.717, 1.165) is 19.6 Å². The largest absolute Gasteiger partial charge is 0.370 e. The molecule has 5 N–H and O–H groups in total. The fourth-order valence-corrected chi connectivity index (χ4v) is 1.53. The van der Waals surface area contributed by atoms with Crippen LogP contribution in [0, 0.1) is 18.3 Å². The Labute approximate surface area is 103 Å². The molecule has 0 fully saturated rings. The second-order valence-electron chi connectivity index (χ2n) is 4.52. The molecule has 17 heavy (non-hydrogen) atoms. The lowest BCUT2D eigenvalue weighted by Gasteiger charge is -2.13.